The van der Waals surface area contributed by atoms with E-state index >= 15 is 0 Å². The number of rotatable bonds is 3. The average Bonchev–Trinajstić information content (AvgIpc) is 2.71. The molecule has 0 aliphatic carbocycles. The van der Waals surface area contributed by atoms with E-state index in [0.717, 1.165) is 17.6 Å². The minimum Gasteiger partial charge on any atom is -0.391 e. The fraction of sp³-hybridized carbons (Fsp3) is 0.500. The first kappa shape index (κ1) is 13.7. The second-order valence-corrected chi connectivity index (χ2v) is 7.35. The maximum Gasteiger partial charge on any atom is 0.244 e. The predicted molar refractivity (Wildman–Crippen MR) is 72.1 cm³/mol. The number of hydrogen-bond donors (Lipinski definition) is 1. The van der Waals surface area contributed by atoms with Gasteiger partial charge in [0, 0.05) is 13.1 Å². The van der Waals surface area contributed by atoms with Crippen LogP contribution in [0.15, 0.2) is 21.9 Å². The van der Waals surface area contributed by atoms with E-state index in [9.17, 15) is 13.5 Å². The highest BCUT2D eigenvalue weighted by molar-refractivity contribution is 7.89. The normalized spacial score (nSPS) is 17.8. The lowest BCUT2D eigenvalue weighted by atomic mass is 10.2. The first-order valence-corrected chi connectivity index (χ1v) is 8.12. The number of sulfonamides is 1. The van der Waals surface area contributed by atoms with Gasteiger partial charge in [0.15, 0.2) is 0 Å². The van der Waals surface area contributed by atoms with Crippen molar-refractivity contribution in [3.05, 3.63) is 27.5 Å². The zero-order valence-corrected chi connectivity index (χ0v) is 12.1. The van der Waals surface area contributed by atoms with Crippen LogP contribution in [0.4, 0.5) is 0 Å². The van der Waals surface area contributed by atoms with Crippen molar-refractivity contribution in [2.24, 2.45) is 0 Å². The Morgan fingerprint density at radius 1 is 1.44 bits per heavy atom. The third-order valence-corrected chi connectivity index (χ3v) is 6.32. The Bertz CT molecular complexity index is 572. The Kier molecular flexibility index (Phi) is 3.91. The quantitative estimate of drug-likeness (QED) is 0.864. The van der Waals surface area contributed by atoms with E-state index in [0.29, 0.717) is 22.9 Å². The lowest BCUT2D eigenvalue weighted by Crippen LogP contribution is -2.35. The lowest BCUT2D eigenvalue weighted by molar-refractivity contribution is 0.282. The van der Waals surface area contributed by atoms with Crippen molar-refractivity contribution in [1.82, 2.24) is 4.31 Å². The van der Waals surface area contributed by atoms with Gasteiger partial charge in [0.1, 0.15) is 4.90 Å². The summed E-state index contributed by atoms with van der Waals surface area (Å²) in [5.74, 6) is 0. The highest BCUT2D eigenvalue weighted by Crippen LogP contribution is 2.30. The van der Waals surface area contributed by atoms with Crippen molar-refractivity contribution < 1.29 is 13.5 Å². The predicted octanol–water partition coefficient (Wildman–Crippen LogP) is 1.89. The summed E-state index contributed by atoms with van der Waals surface area (Å²) in [6.07, 6.45) is 2.82. The third-order valence-electron chi connectivity index (χ3n) is 3.03. The van der Waals surface area contributed by atoms with Crippen molar-refractivity contribution in [2.75, 3.05) is 13.1 Å². The van der Waals surface area contributed by atoms with E-state index in [2.05, 4.69) is 6.08 Å². The fourth-order valence-corrected chi connectivity index (χ4v) is 5.26. The maximum absolute atomic E-state index is 12.6. The second-order valence-electron chi connectivity index (χ2n) is 4.51. The molecule has 0 atom stereocenters. The minimum atomic E-state index is -3.48. The van der Waals surface area contributed by atoms with Gasteiger partial charge in [-0.15, -0.1) is 11.3 Å². The molecule has 0 radical (unpaired) electrons. The summed E-state index contributed by atoms with van der Waals surface area (Å²) in [7, 11) is -3.48. The molecular formula is C12H17NO3S2. The number of thiophene rings is 1. The van der Waals surface area contributed by atoms with Gasteiger partial charge in [-0.3, -0.25) is 0 Å². The summed E-state index contributed by atoms with van der Waals surface area (Å²) < 4.78 is 26.7. The van der Waals surface area contributed by atoms with Gasteiger partial charge < -0.3 is 5.11 Å². The van der Waals surface area contributed by atoms with Gasteiger partial charge in [0.25, 0.3) is 0 Å². The number of aliphatic hydroxyl groups excluding tert-OH is 1. The van der Waals surface area contributed by atoms with Crippen LogP contribution in [0.3, 0.4) is 0 Å². The van der Waals surface area contributed by atoms with E-state index in [1.165, 1.54) is 15.6 Å². The molecule has 0 saturated heterocycles. The van der Waals surface area contributed by atoms with Crippen molar-refractivity contribution in [2.45, 2.75) is 31.8 Å². The molecule has 0 aromatic carbocycles. The average molecular weight is 287 g/mol. The zero-order valence-electron chi connectivity index (χ0n) is 10.5. The van der Waals surface area contributed by atoms with Crippen LogP contribution < -0.4 is 0 Å². The van der Waals surface area contributed by atoms with Gasteiger partial charge in [-0.25, -0.2) is 8.42 Å². The van der Waals surface area contributed by atoms with Gasteiger partial charge in [-0.2, -0.15) is 4.31 Å². The molecule has 18 heavy (non-hydrogen) atoms. The molecule has 0 bridgehead atoms. The van der Waals surface area contributed by atoms with Gasteiger partial charge in [0.05, 0.1) is 11.5 Å². The molecule has 0 amide bonds. The Labute approximate surface area is 112 Å². The number of aryl methyl sites for hydroxylation is 1. The summed E-state index contributed by atoms with van der Waals surface area (Å²) in [6.45, 7) is 4.45. The van der Waals surface area contributed by atoms with Crippen molar-refractivity contribution in [1.29, 1.82) is 0 Å². The van der Waals surface area contributed by atoms with E-state index in [-0.39, 0.29) is 6.61 Å². The summed E-state index contributed by atoms with van der Waals surface area (Å²) in [6, 6.07) is 0. The van der Waals surface area contributed by atoms with E-state index in [4.69, 9.17) is 0 Å². The highest BCUT2D eigenvalue weighted by Gasteiger charge is 2.30. The largest absolute Gasteiger partial charge is 0.391 e. The lowest BCUT2D eigenvalue weighted by Gasteiger charge is -2.25. The smallest absolute Gasteiger partial charge is 0.244 e. The Morgan fingerprint density at radius 3 is 2.78 bits per heavy atom. The highest BCUT2D eigenvalue weighted by atomic mass is 32.2. The zero-order chi connectivity index (χ0) is 13.3. The molecule has 1 aromatic heterocycles. The Hall–Kier alpha value is -0.690. The third kappa shape index (κ3) is 2.38. The maximum atomic E-state index is 12.6. The molecule has 0 unspecified atom stereocenters. The van der Waals surface area contributed by atoms with Crippen LogP contribution in [0.5, 0.6) is 0 Å². The van der Waals surface area contributed by atoms with E-state index in [1.807, 2.05) is 6.92 Å². The molecule has 0 saturated carbocycles. The molecule has 6 heteroatoms. The summed E-state index contributed by atoms with van der Waals surface area (Å²) in [4.78, 5) is 0.824. The number of aliphatic hydroxyl groups is 1. The van der Waals surface area contributed by atoms with Crippen LogP contribution in [0.1, 0.15) is 23.8 Å². The van der Waals surface area contributed by atoms with Crippen LogP contribution in [0.2, 0.25) is 0 Å². The SMILES string of the molecule is CC1=CCCN(S(=O)(=O)c2c(C)csc2CO)C1. The first-order chi connectivity index (χ1) is 8.46. The van der Waals surface area contributed by atoms with Crippen LogP contribution in [0.25, 0.3) is 0 Å². The number of nitrogens with zero attached hydrogens (tertiary/aromatic N) is 1. The molecule has 1 aliphatic rings. The monoisotopic (exact) mass is 287 g/mol. The van der Waals surface area contributed by atoms with Crippen molar-refractivity contribution in [3.63, 3.8) is 0 Å². The second kappa shape index (κ2) is 5.13. The molecule has 1 aliphatic heterocycles. The molecule has 0 spiro atoms. The molecule has 2 rings (SSSR count). The van der Waals surface area contributed by atoms with Crippen LogP contribution >= 0.6 is 11.3 Å². The molecular weight excluding hydrogens is 270 g/mol. The van der Waals surface area contributed by atoms with Crippen LogP contribution in [-0.4, -0.2) is 30.9 Å². The summed E-state index contributed by atoms with van der Waals surface area (Å²) in [5.41, 5.74) is 1.79. The molecule has 1 aromatic rings. The topological polar surface area (TPSA) is 57.6 Å². The van der Waals surface area contributed by atoms with Gasteiger partial charge in [-0.05, 0) is 31.2 Å². The fourth-order valence-electron chi connectivity index (χ4n) is 2.15. The van der Waals surface area contributed by atoms with E-state index < -0.39 is 10.0 Å². The minimum absolute atomic E-state index is 0.226. The Balaban J connectivity index is 2.42. The molecule has 0 fully saturated rings. The van der Waals surface area contributed by atoms with Crippen LogP contribution in [-0.2, 0) is 16.6 Å². The van der Waals surface area contributed by atoms with Crippen molar-refractivity contribution >= 4 is 21.4 Å². The molecule has 100 valence electrons. The standard InChI is InChI=1S/C12H17NO3S2/c1-9-4-3-5-13(6-9)18(15,16)12-10(2)8-17-11(12)7-14/h4,8,14H,3,5-7H2,1-2H3. The van der Waals surface area contributed by atoms with Crippen molar-refractivity contribution in [3.8, 4) is 0 Å². The van der Waals surface area contributed by atoms with E-state index in [1.54, 1.807) is 12.3 Å². The van der Waals surface area contributed by atoms with Gasteiger partial charge in [0.2, 0.25) is 10.0 Å². The molecule has 2 heterocycles. The summed E-state index contributed by atoms with van der Waals surface area (Å²) >= 11 is 1.30. The van der Waals surface area contributed by atoms with Gasteiger partial charge in [-0.1, -0.05) is 11.6 Å². The van der Waals surface area contributed by atoms with Crippen LogP contribution in [0, 0.1) is 6.92 Å². The van der Waals surface area contributed by atoms with Gasteiger partial charge >= 0.3 is 0 Å². The first-order valence-electron chi connectivity index (χ1n) is 5.80. The summed E-state index contributed by atoms with van der Waals surface area (Å²) in [5, 5.41) is 11.0. The molecule has 1 N–H and O–H groups in total. The molecule has 4 nitrogen and oxygen atoms in total. The number of hydrogen-bond acceptors (Lipinski definition) is 4. The Morgan fingerprint density at radius 2 is 2.17 bits per heavy atom.